The van der Waals surface area contributed by atoms with Gasteiger partial charge >= 0.3 is 0 Å². The molecule has 5 nitrogen and oxygen atoms in total. The fourth-order valence-electron chi connectivity index (χ4n) is 3.23. The molecule has 0 saturated carbocycles. The molecule has 3 aromatic carbocycles. The van der Waals surface area contributed by atoms with Gasteiger partial charge in [-0.2, -0.15) is 4.99 Å². The topological polar surface area (TPSA) is 43.3 Å². The average molecular weight is 419 g/mol. The maximum absolute atomic E-state index is 6.38. The van der Waals surface area contributed by atoms with E-state index in [1.807, 2.05) is 84.6 Å². The van der Waals surface area contributed by atoms with Crippen LogP contribution in [-0.2, 0) is 4.74 Å². The molecule has 0 fully saturated rings. The summed E-state index contributed by atoms with van der Waals surface area (Å²) in [6, 6.07) is 23.5. The zero-order valence-electron chi connectivity index (χ0n) is 17.0. The van der Waals surface area contributed by atoms with Crippen LogP contribution in [-0.4, -0.2) is 25.2 Å². The maximum Gasteiger partial charge on any atom is 0.225 e. The lowest BCUT2D eigenvalue weighted by Crippen LogP contribution is -2.40. The van der Waals surface area contributed by atoms with E-state index >= 15 is 0 Å². The molecule has 0 amide bonds. The van der Waals surface area contributed by atoms with Gasteiger partial charge in [-0.3, -0.25) is 4.90 Å². The number of hydrogen-bond acceptors (Lipinski definition) is 4. The summed E-state index contributed by atoms with van der Waals surface area (Å²) in [4.78, 5) is 6.49. The summed E-state index contributed by atoms with van der Waals surface area (Å²) >= 11 is 5.70. The molecule has 0 saturated heterocycles. The Bertz CT molecular complexity index is 1060. The normalized spacial score (nSPS) is 16.0. The van der Waals surface area contributed by atoms with Gasteiger partial charge in [-0.05, 0) is 79.8 Å². The van der Waals surface area contributed by atoms with E-state index < -0.39 is 6.23 Å². The Morgan fingerprint density at radius 3 is 1.97 bits per heavy atom. The van der Waals surface area contributed by atoms with Gasteiger partial charge in [-0.15, -0.1) is 0 Å². The van der Waals surface area contributed by atoms with Crippen LogP contribution in [0.1, 0.15) is 22.9 Å². The minimum atomic E-state index is -0.467. The van der Waals surface area contributed by atoms with E-state index in [9.17, 15) is 0 Å². The second-order valence-electron chi connectivity index (χ2n) is 6.88. The van der Waals surface area contributed by atoms with Crippen LogP contribution in [0.4, 0.5) is 5.69 Å². The lowest BCUT2D eigenvalue weighted by molar-refractivity contribution is 0.196. The Balaban J connectivity index is 1.76. The van der Waals surface area contributed by atoms with Crippen molar-refractivity contribution in [2.75, 3.05) is 19.1 Å². The smallest absolute Gasteiger partial charge is 0.225 e. The predicted molar refractivity (Wildman–Crippen MR) is 123 cm³/mol. The number of aryl methyl sites for hydroxylation is 1. The predicted octanol–water partition coefficient (Wildman–Crippen LogP) is 5.28. The molecule has 0 radical (unpaired) electrons. The number of hydrogen-bond donors (Lipinski definition) is 0. The van der Waals surface area contributed by atoms with E-state index in [1.165, 1.54) is 5.56 Å². The van der Waals surface area contributed by atoms with Gasteiger partial charge in [0.05, 0.1) is 14.2 Å². The standard InChI is InChI=1S/C24H22N2O3S/c1-16-4-6-17(7-5-16)22-25-24(30)26(19-10-14-21(28-3)15-11-19)23(29-22)18-8-12-20(27-2)13-9-18/h4-15,23H,1-3H3. The molecule has 1 aliphatic heterocycles. The highest BCUT2D eigenvalue weighted by molar-refractivity contribution is 7.80. The zero-order valence-corrected chi connectivity index (χ0v) is 17.8. The van der Waals surface area contributed by atoms with Crippen LogP contribution in [0, 0.1) is 6.92 Å². The Morgan fingerprint density at radius 2 is 1.40 bits per heavy atom. The van der Waals surface area contributed by atoms with Crippen molar-refractivity contribution in [2.24, 2.45) is 4.99 Å². The molecule has 6 heteroatoms. The highest BCUT2D eigenvalue weighted by Gasteiger charge is 2.32. The number of benzene rings is 3. The van der Waals surface area contributed by atoms with Crippen LogP contribution < -0.4 is 14.4 Å². The van der Waals surface area contributed by atoms with Gasteiger partial charge in [-0.1, -0.05) is 17.7 Å². The van der Waals surface area contributed by atoms with Crippen molar-refractivity contribution in [3.63, 3.8) is 0 Å². The van der Waals surface area contributed by atoms with Crippen LogP contribution in [0.2, 0.25) is 0 Å². The first kappa shape index (κ1) is 19.9. The van der Waals surface area contributed by atoms with Crippen molar-refractivity contribution >= 4 is 28.9 Å². The number of aliphatic imine (C=N–C) groups is 1. The second-order valence-corrected chi connectivity index (χ2v) is 7.24. The number of rotatable bonds is 5. The van der Waals surface area contributed by atoms with E-state index in [-0.39, 0.29) is 0 Å². The van der Waals surface area contributed by atoms with Crippen LogP contribution in [0.15, 0.2) is 77.8 Å². The average Bonchev–Trinajstić information content (AvgIpc) is 2.79. The Morgan fingerprint density at radius 1 is 0.833 bits per heavy atom. The third-order valence-electron chi connectivity index (χ3n) is 4.91. The molecule has 0 N–H and O–H groups in total. The number of nitrogens with zero attached hydrogens (tertiary/aromatic N) is 2. The molecule has 1 heterocycles. The fraction of sp³-hybridized carbons (Fsp3) is 0.167. The summed E-state index contributed by atoms with van der Waals surface area (Å²) in [6.45, 7) is 2.05. The third-order valence-corrected chi connectivity index (χ3v) is 5.20. The van der Waals surface area contributed by atoms with E-state index in [1.54, 1.807) is 14.2 Å². The SMILES string of the molecule is COc1ccc(C2OC(c3ccc(C)cc3)=NC(=S)N2c2ccc(OC)cc2)cc1. The van der Waals surface area contributed by atoms with Gasteiger partial charge in [0.25, 0.3) is 0 Å². The second kappa shape index (κ2) is 8.55. The van der Waals surface area contributed by atoms with Crippen molar-refractivity contribution in [1.82, 2.24) is 0 Å². The molecule has 0 spiro atoms. The van der Waals surface area contributed by atoms with Crippen LogP contribution in [0.25, 0.3) is 0 Å². The van der Waals surface area contributed by atoms with E-state index in [2.05, 4.69) is 4.99 Å². The van der Waals surface area contributed by atoms with Gasteiger partial charge in [0.15, 0.2) is 0 Å². The minimum absolute atomic E-state index is 0.433. The summed E-state index contributed by atoms with van der Waals surface area (Å²) in [5.41, 5.74) is 3.86. The van der Waals surface area contributed by atoms with E-state index in [0.717, 1.165) is 28.3 Å². The molecule has 30 heavy (non-hydrogen) atoms. The largest absolute Gasteiger partial charge is 0.497 e. The maximum atomic E-state index is 6.38. The molecule has 1 atom stereocenters. The van der Waals surface area contributed by atoms with Crippen molar-refractivity contribution in [2.45, 2.75) is 13.2 Å². The molecule has 0 aliphatic carbocycles. The monoisotopic (exact) mass is 418 g/mol. The van der Waals surface area contributed by atoms with Crippen molar-refractivity contribution in [1.29, 1.82) is 0 Å². The third kappa shape index (κ3) is 4.00. The summed E-state index contributed by atoms with van der Waals surface area (Å²) in [5, 5.41) is 0.433. The summed E-state index contributed by atoms with van der Waals surface area (Å²) in [6.07, 6.45) is -0.467. The number of ether oxygens (including phenoxy) is 3. The van der Waals surface area contributed by atoms with Gasteiger partial charge in [-0.25, -0.2) is 0 Å². The minimum Gasteiger partial charge on any atom is -0.497 e. The highest BCUT2D eigenvalue weighted by Crippen LogP contribution is 2.34. The van der Waals surface area contributed by atoms with E-state index in [4.69, 9.17) is 26.4 Å². The molecule has 1 aliphatic rings. The summed E-state index contributed by atoms with van der Waals surface area (Å²) < 4.78 is 17.0. The van der Waals surface area contributed by atoms with Gasteiger partial charge in [0.1, 0.15) is 11.5 Å². The highest BCUT2D eigenvalue weighted by atomic mass is 32.1. The molecule has 152 valence electrons. The van der Waals surface area contributed by atoms with Crippen LogP contribution >= 0.6 is 12.2 Å². The van der Waals surface area contributed by atoms with Gasteiger partial charge < -0.3 is 14.2 Å². The molecule has 1 unspecified atom stereocenters. The molecule has 0 bridgehead atoms. The van der Waals surface area contributed by atoms with Crippen molar-refractivity contribution in [3.8, 4) is 11.5 Å². The van der Waals surface area contributed by atoms with Gasteiger partial charge in [0.2, 0.25) is 17.2 Å². The Labute approximate surface area is 181 Å². The first-order valence-electron chi connectivity index (χ1n) is 9.52. The summed E-state index contributed by atoms with van der Waals surface area (Å²) in [7, 11) is 3.29. The van der Waals surface area contributed by atoms with Gasteiger partial charge in [0, 0.05) is 16.8 Å². The van der Waals surface area contributed by atoms with Crippen LogP contribution in [0.5, 0.6) is 11.5 Å². The van der Waals surface area contributed by atoms with Crippen molar-refractivity contribution in [3.05, 3.63) is 89.5 Å². The number of methoxy groups -OCH3 is 2. The number of anilines is 1. The molecular formula is C24H22N2O3S. The first-order valence-corrected chi connectivity index (χ1v) is 9.93. The molecular weight excluding hydrogens is 396 g/mol. The molecule has 4 rings (SSSR count). The van der Waals surface area contributed by atoms with E-state index in [0.29, 0.717) is 11.0 Å². The lowest BCUT2D eigenvalue weighted by Gasteiger charge is -2.36. The summed E-state index contributed by atoms with van der Waals surface area (Å²) in [5.74, 6) is 2.05. The Kier molecular flexibility index (Phi) is 5.68. The first-order chi connectivity index (χ1) is 14.6. The molecule has 0 aromatic heterocycles. The fourth-order valence-corrected chi connectivity index (χ4v) is 3.51. The Hall–Kier alpha value is -3.38. The van der Waals surface area contributed by atoms with Crippen molar-refractivity contribution < 1.29 is 14.2 Å². The van der Waals surface area contributed by atoms with Crippen LogP contribution in [0.3, 0.4) is 0 Å². The quantitative estimate of drug-likeness (QED) is 0.528. The molecule has 3 aromatic rings. The zero-order chi connectivity index (χ0) is 21.1. The lowest BCUT2D eigenvalue weighted by atomic mass is 10.1. The number of thiocarbonyl (C=S) groups is 1.